The molecule has 6 nitrogen and oxygen atoms in total. The molecule has 0 bridgehead atoms. The summed E-state index contributed by atoms with van der Waals surface area (Å²) in [5, 5.41) is 3.01. The predicted molar refractivity (Wildman–Crippen MR) is 107 cm³/mol. The van der Waals surface area contributed by atoms with Crippen LogP contribution >= 0.6 is 0 Å². The molecule has 2 aromatic rings. The average Bonchev–Trinajstić information content (AvgIpc) is 2.69. The van der Waals surface area contributed by atoms with E-state index in [4.69, 9.17) is 4.74 Å². The van der Waals surface area contributed by atoms with Crippen LogP contribution in [0.2, 0.25) is 0 Å². The van der Waals surface area contributed by atoms with Crippen molar-refractivity contribution < 1.29 is 14.3 Å². The quantitative estimate of drug-likeness (QED) is 0.844. The molecule has 6 heteroatoms. The van der Waals surface area contributed by atoms with E-state index in [1.165, 1.54) is 12.7 Å². The van der Waals surface area contributed by atoms with Crippen LogP contribution in [0.4, 0.5) is 16.2 Å². The van der Waals surface area contributed by atoms with E-state index >= 15 is 0 Å². The highest BCUT2D eigenvalue weighted by Gasteiger charge is 2.22. The molecule has 1 heterocycles. The number of carbonyl (C=O) groups is 2. The Kier molecular flexibility index (Phi) is 5.64. The second-order valence-corrected chi connectivity index (χ2v) is 6.76. The average molecular weight is 367 g/mol. The molecule has 3 rings (SSSR count). The topological polar surface area (TPSA) is 61.9 Å². The highest BCUT2D eigenvalue weighted by molar-refractivity contribution is 5.90. The number of nitrogens with zero attached hydrogens (tertiary/aromatic N) is 2. The van der Waals surface area contributed by atoms with Crippen molar-refractivity contribution in [3.05, 3.63) is 59.2 Å². The van der Waals surface area contributed by atoms with E-state index in [0.29, 0.717) is 18.7 Å². The van der Waals surface area contributed by atoms with Crippen LogP contribution in [0.3, 0.4) is 0 Å². The monoisotopic (exact) mass is 367 g/mol. The maximum Gasteiger partial charge on any atom is 0.337 e. The number of methoxy groups -OCH3 is 1. The molecule has 1 N–H and O–H groups in total. The molecule has 0 spiro atoms. The summed E-state index contributed by atoms with van der Waals surface area (Å²) >= 11 is 0. The Morgan fingerprint density at radius 3 is 2.22 bits per heavy atom. The largest absolute Gasteiger partial charge is 0.465 e. The number of nitrogens with one attached hydrogen (secondary N) is 1. The number of aryl methyl sites for hydroxylation is 2. The smallest absolute Gasteiger partial charge is 0.337 e. The molecule has 27 heavy (non-hydrogen) atoms. The van der Waals surface area contributed by atoms with Gasteiger partial charge >= 0.3 is 12.0 Å². The van der Waals surface area contributed by atoms with Crippen molar-refractivity contribution in [3.8, 4) is 0 Å². The van der Waals surface area contributed by atoms with Gasteiger partial charge in [0.1, 0.15) is 0 Å². The van der Waals surface area contributed by atoms with Crippen LogP contribution < -0.4 is 10.2 Å². The highest BCUT2D eigenvalue weighted by atomic mass is 16.5. The summed E-state index contributed by atoms with van der Waals surface area (Å²) in [7, 11) is 1.37. The number of anilines is 2. The molecule has 2 aromatic carbocycles. The van der Waals surface area contributed by atoms with Gasteiger partial charge in [-0.3, -0.25) is 0 Å². The van der Waals surface area contributed by atoms with Crippen molar-refractivity contribution in [1.82, 2.24) is 4.90 Å². The lowest BCUT2D eigenvalue weighted by Crippen LogP contribution is -2.50. The second kappa shape index (κ2) is 8.12. The number of benzene rings is 2. The number of amides is 2. The number of urea groups is 1. The molecule has 2 amide bonds. The normalized spacial score (nSPS) is 14.0. The van der Waals surface area contributed by atoms with E-state index in [-0.39, 0.29) is 12.0 Å². The standard InChI is InChI=1S/C21H25N3O3/c1-15-4-9-19(16(2)14-15)22-21(26)24-12-10-23(11-13-24)18-7-5-17(6-8-18)20(25)27-3/h4-9,14H,10-13H2,1-3H3,(H,22,26). The zero-order valence-electron chi connectivity index (χ0n) is 16.0. The molecule has 0 atom stereocenters. The number of rotatable bonds is 3. The van der Waals surface area contributed by atoms with Crippen molar-refractivity contribution >= 4 is 23.4 Å². The third-order valence-corrected chi connectivity index (χ3v) is 4.84. The lowest BCUT2D eigenvalue weighted by atomic mass is 10.1. The second-order valence-electron chi connectivity index (χ2n) is 6.76. The summed E-state index contributed by atoms with van der Waals surface area (Å²) in [4.78, 5) is 28.1. The summed E-state index contributed by atoms with van der Waals surface area (Å²) in [5.74, 6) is -0.338. The third kappa shape index (κ3) is 4.39. The molecular weight excluding hydrogens is 342 g/mol. The Bertz CT molecular complexity index is 825. The summed E-state index contributed by atoms with van der Waals surface area (Å²) in [6.45, 7) is 6.83. The maximum atomic E-state index is 12.5. The van der Waals surface area contributed by atoms with Gasteiger partial charge in [-0.2, -0.15) is 0 Å². The number of carbonyl (C=O) groups excluding carboxylic acids is 2. The minimum absolute atomic E-state index is 0.0670. The zero-order chi connectivity index (χ0) is 19.4. The molecule has 1 fully saturated rings. The first-order chi connectivity index (χ1) is 13.0. The molecule has 142 valence electrons. The van der Waals surface area contributed by atoms with E-state index < -0.39 is 0 Å². The van der Waals surface area contributed by atoms with Crippen molar-refractivity contribution in [1.29, 1.82) is 0 Å². The van der Waals surface area contributed by atoms with Crippen LogP contribution in [0, 0.1) is 13.8 Å². The maximum absolute atomic E-state index is 12.5. The van der Waals surface area contributed by atoms with E-state index in [1.807, 2.05) is 43.0 Å². The first-order valence-electron chi connectivity index (χ1n) is 9.04. The predicted octanol–water partition coefficient (Wildman–Crippen LogP) is 3.44. The lowest BCUT2D eigenvalue weighted by molar-refractivity contribution is 0.0600. The van der Waals surface area contributed by atoms with Gasteiger partial charge < -0.3 is 19.9 Å². The minimum Gasteiger partial charge on any atom is -0.465 e. The first kappa shape index (κ1) is 18.8. The van der Waals surface area contributed by atoms with Gasteiger partial charge in [-0.15, -0.1) is 0 Å². The fourth-order valence-electron chi connectivity index (χ4n) is 3.24. The number of hydrogen-bond donors (Lipinski definition) is 1. The molecule has 0 radical (unpaired) electrons. The van der Waals surface area contributed by atoms with Gasteiger partial charge in [0.05, 0.1) is 12.7 Å². The van der Waals surface area contributed by atoms with Gasteiger partial charge in [-0.1, -0.05) is 17.7 Å². The van der Waals surface area contributed by atoms with Gasteiger partial charge in [-0.25, -0.2) is 9.59 Å². The number of piperazine rings is 1. The number of ether oxygens (including phenoxy) is 1. The van der Waals surface area contributed by atoms with Crippen LogP contribution in [0.1, 0.15) is 21.5 Å². The van der Waals surface area contributed by atoms with Crippen LogP contribution in [0.15, 0.2) is 42.5 Å². The van der Waals surface area contributed by atoms with Crippen molar-refractivity contribution in [2.75, 3.05) is 43.5 Å². The molecule has 0 saturated carbocycles. The van der Waals surface area contributed by atoms with E-state index in [1.54, 1.807) is 12.1 Å². The number of hydrogen-bond acceptors (Lipinski definition) is 4. The molecule has 0 aliphatic carbocycles. The van der Waals surface area contributed by atoms with Crippen LogP contribution in [0.5, 0.6) is 0 Å². The van der Waals surface area contributed by atoms with Crippen molar-refractivity contribution in [2.24, 2.45) is 0 Å². The minimum atomic E-state index is -0.338. The molecule has 1 aliphatic rings. The van der Waals surface area contributed by atoms with Crippen LogP contribution in [0.25, 0.3) is 0 Å². The highest BCUT2D eigenvalue weighted by Crippen LogP contribution is 2.20. The fourth-order valence-corrected chi connectivity index (χ4v) is 3.24. The molecule has 0 aromatic heterocycles. The van der Waals surface area contributed by atoms with Gasteiger partial charge in [-0.05, 0) is 49.7 Å². The van der Waals surface area contributed by atoms with E-state index in [9.17, 15) is 9.59 Å². The van der Waals surface area contributed by atoms with E-state index in [2.05, 4.69) is 16.3 Å². The van der Waals surface area contributed by atoms with Gasteiger partial charge in [0.15, 0.2) is 0 Å². The zero-order valence-corrected chi connectivity index (χ0v) is 16.0. The summed E-state index contributed by atoms with van der Waals surface area (Å²) < 4.78 is 4.72. The molecular formula is C21H25N3O3. The Balaban J connectivity index is 1.56. The van der Waals surface area contributed by atoms with E-state index in [0.717, 1.165) is 30.0 Å². The first-order valence-corrected chi connectivity index (χ1v) is 9.04. The fraction of sp³-hybridized carbons (Fsp3) is 0.333. The molecule has 0 unspecified atom stereocenters. The summed E-state index contributed by atoms with van der Waals surface area (Å²) in [5.41, 5.74) is 4.67. The Hall–Kier alpha value is -3.02. The van der Waals surface area contributed by atoms with Crippen molar-refractivity contribution in [2.45, 2.75) is 13.8 Å². The summed E-state index contributed by atoms with van der Waals surface area (Å²) in [6.07, 6.45) is 0. The molecule has 1 saturated heterocycles. The Morgan fingerprint density at radius 1 is 0.963 bits per heavy atom. The number of esters is 1. The van der Waals surface area contributed by atoms with Crippen molar-refractivity contribution in [3.63, 3.8) is 0 Å². The lowest BCUT2D eigenvalue weighted by Gasteiger charge is -2.36. The van der Waals surface area contributed by atoms with Gasteiger partial charge in [0, 0.05) is 37.6 Å². The Morgan fingerprint density at radius 2 is 1.63 bits per heavy atom. The molecule has 1 aliphatic heterocycles. The van der Waals surface area contributed by atoms with Crippen LogP contribution in [-0.2, 0) is 4.74 Å². The third-order valence-electron chi connectivity index (χ3n) is 4.84. The van der Waals surface area contributed by atoms with Crippen LogP contribution in [-0.4, -0.2) is 50.2 Å². The Labute approximate surface area is 159 Å². The van der Waals surface area contributed by atoms with Gasteiger partial charge in [0.25, 0.3) is 0 Å². The SMILES string of the molecule is COC(=O)c1ccc(N2CCN(C(=O)Nc3ccc(C)cc3C)CC2)cc1. The summed E-state index contributed by atoms with van der Waals surface area (Å²) in [6, 6.07) is 13.3. The van der Waals surface area contributed by atoms with Gasteiger partial charge in [0.2, 0.25) is 0 Å².